The summed E-state index contributed by atoms with van der Waals surface area (Å²) in [5, 5.41) is 0. The maximum Gasteiger partial charge on any atom is 0.152 e. The Hall–Kier alpha value is -1.11. The lowest BCUT2D eigenvalue weighted by Crippen LogP contribution is -2.39. The molecule has 1 aliphatic heterocycles. The van der Waals surface area contributed by atoms with Crippen molar-refractivity contribution in [2.75, 3.05) is 31.7 Å². The van der Waals surface area contributed by atoms with Crippen LogP contribution in [-0.2, 0) is 22.9 Å². The van der Waals surface area contributed by atoms with E-state index in [1.54, 1.807) is 7.11 Å². The van der Waals surface area contributed by atoms with Gasteiger partial charge in [0.1, 0.15) is 5.75 Å². The van der Waals surface area contributed by atoms with E-state index in [2.05, 4.69) is 4.90 Å². The molecule has 6 heteroatoms. The standard InChI is InChI=1S/C13H20N2O3S/c1-18-13-3-2-11(8-12(13)9-14)10-15-4-6-19(16,17)7-5-15/h2-3,8H,4-7,9-10,14H2,1H3. The van der Waals surface area contributed by atoms with Crippen molar-refractivity contribution >= 4 is 9.84 Å². The molecule has 0 spiro atoms. The van der Waals surface area contributed by atoms with Crippen LogP contribution < -0.4 is 10.5 Å². The molecule has 0 aromatic heterocycles. The molecule has 1 aliphatic rings. The summed E-state index contributed by atoms with van der Waals surface area (Å²) in [7, 11) is -1.18. The van der Waals surface area contributed by atoms with Gasteiger partial charge in [0.05, 0.1) is 18.6 Å². The van der Waals surface area contributed by atoms with Crippen LogP contribution in [0.1, 0.15) is 11.1 Å². The van der Waals surface area contributed by atoms with Gasteiger partial charge in [-0.05, 0) is 17.7 Å². The van der Waals surface area contributed by atoms with E-state index in [0.29, 0.717) is 19.6 Å². The summed E-state index contributed by atoms with van der Waals surface area (Å²) in [6.07, 6.45) is 0. The van der Waals surface area contributed by atoms with Crippen LogP contribution in [0, 0.1) is 0 Å². The smallest absolute Gasteiger partial charge is 0.152 e. The SMILES string of the molecule is COc1ccc(CN2CCS(=O)(=O)CC2)cc1CN. The second-order valence-corrected chi connectivity index (χ2v) is 7.08. The van der Waals surface area contributed by atoms with Gasteiger partial charge in [-0.2, -0.15) is 0 Å². The third kappa shape index (κ3) is 3.68. The number of hydrogen-bond acceptors (Lipinski definition) is 5. The highest BCUT2D eigenvalue weighted by Gasteiger charge is 2.21. The van der Waals surface area contributed by atoms with Crippen LogP contribution in [0.25, 0.3) is 0 Å². The average molecular weight is 284 g/mol. The Labute approximate surface area is 114 Å². The van der Waals surface area contributed by atoms with Crippen LogP contribution in [0.4, 0.5) is 0 Å². The fourth-order valence-electron chi connectivity index (χ4n) is 2.26. The lowest BCUT2D eigenvalue weighted by atomic mass is 10.1. The molecular weight excluding hydrogens is 264 g/mol. The van der Waals surface area contributed by atoms with E-state index >= 15 is 0 Å². The molecule has 1 saturated heterocycles. The summed E-state index contributed by atoms with van der Waals surface area (Å²) in [5.41, 5.74) is 7.81. The monoisotopic (exact) mass is 284 g/mol. The zero-order chi connectivity index (χ0) is 13.9. The first-order valence-corrected chi connectivity index (χ1v) is 8.15. The normalized spacial score (nSPS) is 19.3. The van der Waals surface area contributed by atoms with Crippen LogP contribution in [0.2, 0.25) is 0 Å². The minimum absolute atomic E-state index is 0.257. The molecule has 5 nitrogen and oxygen atoms in total. The second-order valence-electron chi connectivity index (χ2n) is 4.78. The van der Waals surface area contributed by atoms with E-state index in [1.807, 2.05) is 18.2 Å². The minimum atomic E-state index is -2.81. The molecule has 106 valence electrons. The molecule has 1 aromatic rings. The Morgan fingerprint density at radius 2 is 2.00 bits per heavy atom. The number of methoxy groups -OCH3 is 1. The quantitative estimate of drug-likeness (QED) is 0.865. The maximum absolute atomic E-state index is 11.4. The molecule has 0 aliphatic carbocycles. The highest BCUT2D eigenvalue weighted by molar-refractivity contribution is 7.91. The van der Waals surface area contributed by atoms with E-state index < -0.39 is 9.84 Å². The van der Waals surface area contributed by atoms with Crippen LogP contribution in [0.3, 0.4) is 0 Å². The van der Waals surface area contributed by atoms with Crippen molar-refractivity contribution in [1.29, 1.82) is 0 Å². The number of ether oxygens (including phenoxy) is 1. The number of nitrogens with zero attached hydrogens (tertiary/aromatic N) is 1. The fourth-order valence-corrected chi connectivity index (χ4v) is 3.53. The number of nitrogens with two attached hydrogens (primary N) is 1. The van der Waals surface area contributed by atoms with Crippen molar-refractivity contribution in [2.45, 2.75) is 13.1 Å². The van der Waals surface area contributed by atoms with Gasteiger partial charge in [-0.3, -0.25) is 4.90 Å². The van der Waals surface area contributed by atoms with Gasteiger partial charge in [0.25, 0.3) is 0 Å². The molecule has 2 rings (SSSR count). The molecule has 0 bridgehead atoms. The highest BCUT2D eigenvalue weighted by Crippen LogP contribution is 2.20. The Balaban J connectivity index is 2.04. The molecule has 0 radical (unpaired) electrons. The molecule has 0 amide bonds. The Morgan fingerprint density at radius 3 is 2.58 bits per heavy atom. The predicted octanol–water partition coefficient (Wildman–Crippen LogP) is 0.384. The van der Waals surface area contributed by atoms with Gasteiger partial charge < -0.3 is 10.5 Å². The zero-order valence-electron chi connectivity index (χ0n) is 11.1. The molecule has 0 saturated carbocycles. The topological polar surface area (TPSA) is 72.6 Å². The molecule has 1 fully saturated rings. The van der Waals surface area contributed by atoms with Gasteiger partial charge in [-0.15, -0.1) is 0 Å². The first-order chi connectivity index (χ1) is 9.04. The molecule has 0 atom stereocenters. The third-order valence-corrected chi connectivity index (χ3v) is 5.02. The number of sulfone groups is 1. The summed E-state index contributed by atoms with van der Waals surface area (Å²) < 4.78 is 28.0. The number of hydrogen-bond donors (Lipinski definition) is 1. The third-order valence-electron chi connectivity index (χ3n) is 3.41. The van der Waals surface area contributed by atoms with Crippen molar-refractivity contribution in [3.63, 3.8) is 0 Å². The summed E-state index contributed by atoms with van der Waals surface area (Å²) in [6.45, 7) is 2.40. The van der Waals surface area contributed by atoms with E-state index in [9.17, 15) is 8.42 Å². The molecular formula is C13H20N2O3S. The van der Waals surface area contributed by atoms with Crippen LogP contribution in [-0.4, -0.2) is 45.0 Å². The predicted molar refractivity (Wildman–Crippen MR) is 74.8 cm³/mol. The lowest BCUT2D eigenvalue weighted by molar-refractivity contribution is 0.287. The van der Waals surface area contributed by atoms with Crippen LogP contribution in [0.5, 0.6) is 5.75 Å². The molecule has 2 N–H and O–H groups in total. The summed E-state index contributed by atoms with van der Waals surface area (Å²) in [5.74, 6) is 1.31. The highest BCUT2D eigenvalue weighted by atomic mass is 32.2. The Bertz CT molecular complexity index is 529. The van der Waals surface area contributed by atoms with E-state index in [-0.39, 0.29) is 11.5 Å². The lowest BCUT2D eigenvalue weighted by Gasteiger charge is -2.26. The number of rotatable bonds is 4. The van der Waals surface area contributed by atoms with Crippen molar-refractivity contribution in [3.05, 3.63) is 29.3 Å². The molecule has 1 aromatic carbocycles. The summed E-state index contributed by atoms with van der Waals surface area (Å²) in [4.78, 5) is 2.16. The Kier molecular flexibility index (Phi) is 4.44. The van der Waals surface area contributed by atoms with Gasteiger partial charge in [0.2, 0.25) is 0 Å². The molecule has 1 heterocycles. The van der Waals surface area contributed by atoms with Crippen molar-refractivity contribution in [1.82, 2.24) is 4.90 Å². The maximum atomic E-state index is 11.4. The molecule has 19 heavy (non-hydrogen) atoms. The Morgan fingerprint density at radius 1 is 1.32 bits per heavy atom. The summed E-state index contributed by atoms with van der Waals surface area (Å²) in [6, 6.07) is 5.95. The fraction of sp³-hybridized carbons (Fsp3) is 0.538. The summed E-state index contributed by atoms with van der Waals surface area (Å²) >= 11 is 0. The van der Waals surface area contributed by atoms with Crippen LogP contribution >= 0.6 is 0 Å². The van der Waals surface area contributed by atoms with E-state index in [4.69, 9.17) is 10.5 Å². The van der Waals surface area contributed by atoms with Gasteiger partial charge in [-0.1, -0.05) is 6.07 Å². The first kappa shape index (κ1) is 14.3. The van der Waals surface area contributed by atoms with Crippen molar-refractivity contribution in [2.24, 2.45) is 5.73 Å². The van der Waals surface area contributed by atoms with Gasteiger partial charge in [0, 0.05) is 31.7 Å². The van der Waals surface area contributed by atoms with Crippen LogP contribution in [0.15, 0.2) is 18.2 Å². The number of benzene rings is 1. The first-order valence-electron chi connectivity index (χ1n) is 6.33. The van der Waals surface area contributed by atoms with E-state index in [1.165, 1.54) is 0 Å². The van der Waals surface area contributed by atoms with Gasteiger partial charge >= 0.3 is 0 Å². The van der Waals surface area contributed by atoms with Crippen molar-refractivity contribution < 1.29 is 13.2 Å². The van der Waals surface area contributed by atoms with Crippen molar-refractivity contribution in [3.8, 4) is 5.75 Å². The van der Waals surface area contributed by atoms with Gasteiger partial charge in [0.15, 0.2) is 9.84 Å². The van der Waals surface area contributed by atoms with E-state index in [0.717, 1.165) is 23.4 Å². The zero-order valence-corrected chi connectivity index (χ0v) is 11.9. The molecule has 0 unspecified atom stereocenters. The average Bonchev–Trinajstić information content (AvgIpc) is 2.41. The second kappa shape index (κ2) is 5.90. The largest absolute Gasteiger partial charge is 0.496 e. The minimum Gasteiger partial charge on any atom is -0.496 e. The van der Waals surface area contributed by atoms with Gasteiger partial charge in [-0.25, -0.2) is 8.42 Å².